The number of thiophene rings is 1. The Morgan fingerprint density at radius 3 is 2.40 bits per heavy atom. The molecule has 1 aliphatic heterocycles. The predicted molar refractivity (Wildman–Crippen MR) is 113 cm³/mol. The Bertz CT molecular complexity index is 875. The fraction of sp³-hybridized carbons (Fsp3) is 0.381. The fourth-order valence-corrected chi connectivity index (χ4v) is 3.81. The molecule has 1 fully saturated rings. The number of nitrogens with one attached hydrogen (secondary N) is 2. The first kappa shape index (κ1) is 21.9. The number of ether oxygens (including phenoxy) is 2. The molecule has 0 bridgehead atoms. The number of methoxy groups -OCH3 is 1. The van der Waals surface area contributed by atoms with Crippen LogP contribution >= 0.6 is 11.3 Å². The molecule has 0 spiro atoms. The minimum absolute atomic E-state index is 0.118. The molecule has 9 heteroatoms. The molecule has 0 saturated carbocycles. The van der Waals surface area contributed by atoms with Gasteiger partial charge in [0.1, 0.15) is 4.88 Å². The summed E-state index contributed by atoms with van der Waals surface area (Å²) in [5, 5.41) is 5.73. The SMILES string of the molecule is COC(=O)c1ccc(C(=O)NCc2ccc(C(=O)NCCN3CCOCC3)cc2)s1. The largest absolute Gasteiger partial charge is 0.465 e. The first-order valence-corrected chi connectivity index (χ1v) is 10.5. The Morgan fingerprint density at radius 1 is 1.00 bits per heavy atom. The molecule has 160 valence electrons. The van der Waals surface area contributed by atoms with Crippen molar-refractivity contribution in [3.63, 3.8) is 0 Å². The van der Waals surface area contributed by atoms with E-state index in [9.17, 15) is 14.4 Å². The van der Waals surface area contributed by atoms with Gasteiger partial charge in [0.05, 0.1) is 25.2 Å². The Hall–Kier alpha value is -2.75. The summed E-state index contributed by atoms with van der Waals surface area (Å²) in [6.45, 7) is 4.99. The minimum Gasteiger partial charge on any atom is -0.465 e. The lowest BCUT2D eigenvalue weighted by Gasteiger charge is -2.26. The van der Waals surface area contributed by atoms with E-state index in [1.165, 1.54) is 7.11 Å². The van der Waals surface area contributed by atoms with Gasteiger partial charge in [-0.3, -0.25) is 14.5 Å². The lowest BCUT2D eigenvalue weighted by Crippen LogP contribution is -2.41. The zero-order valence-electron chi connectivity index (χ0n) is 16.8. The monoisotopic (exact) mass is 431 g/mol. The maximum atomic E-state index is 12.3. The van der Waals surface area contributed by atoms with E-state index in [-0.39, 0.29) is 11.8 Å². The van der Waals surface area contributed by atoms with E-state index in [0.717, 1.165) is 49.7 Å². The van der Waals surface area contributed by atoms with Crippen LogP contribution in [0.15, 0.2) is 36.4 Å². The second-order valence-corrected chi connectivity index (χ2v) is 7.83. The van der Waals surface area contributed by atoms with Gasteiger partial charge in [-0.2, -0.15) is 0 Å². The van der Waals surface area contributed by atoms with Gasteiger partial charge in [0.25, 0.3) is 11.8 Å². The van der Waals surface area contributed by atoms with Crippen LogP contribution in [0, 0.1) is 0 Å². The molecule has 8 nitrogen and oxygen atoms in total. The van der Waals surface area contributed by atoms with Crippen molar-refractivity contribution in [3.05, 3.63) is 57.3 Å². The van der Waals surface area contributed by atoms with Crippen molar-refractivity contribution in [3.8, 4) is 0 Å². The molecule has 0 radical (unpaired) electrons. The van der Waals surface area contributed by atoms with Crippen LogP contribution in [0.4, 0.5) is 0 Å². The zero-order chi connectivity index (χ0) is 21.3. The minimum atomic E-state index is -0.460. The Labute approximate surface area is 179 Å². The van der Waals surface area contributed by atoms with Crippen molar-refractivity contribution in [2.24, 2.45) is 0 Å². The van der Waals surface area contributed by atoms with Gasteiger partial charge in [0.15, 0.2) is 0 Å². The lowest BCUT2D eigenvalue weighted by molar-refractivity contribution is 0.0383. The van der Waals surface area contributed by atoms with Crippen LogP contribution in [0.2, 0.25) is 0 Å². The number of hydrogen-bond donors (Lipinski definition) is 2. The number of amides is 2. The molecule has 2 heterocycles. The van der Waals surface area contributed by atoms with E-state index in [2.05, 4.69) is 20.3 Å². The van der Waals surface area contributed by atoms with Crippen molar-refractivity contribution in [1.29, 1.82) is 0 Å². The first-order valence-electron chi connectivity index (χ1n) is 9.70. The van der Waals surface area contributed by atoms with E-state index in [1.54, 1.807) is 24.3 Å². The number of hydrogen-bond acceptors (Lipinski definition) is 7. The molecule has 2 aromatic rings. The third-order valence-electron chi connectivity index (χ3n) is 4.70. The highest BCUT2D eigenvalue weighted by molar-refractivity contribution is 7.15. The van der Waals surface area contributed by atoms with E-state index in [0.29, 0.717) is 28.4 Å². The number of carbonyl (C=O) groups is 3. The summed E-state index contributed by atoms with van der Waals surface area (Å²) in [6, 6.07) is 10.3. The van der Waals surface area contributed by atoms with E-state index >= 15 is 0 Å². The van der Waals surface area contributed by atoms with Crippen LogP contribution in [-0.2, 0) is 16.0 Å². The molecule has 1 aromatic heterocycles. The smallest absolute Gasteiger partial charge is 0.348 e. The van der Waals surface area contributed by atoms with Gasteiger partial charge in [-0.05, 0) is 29.8 Å². The molecule has 1 aromatic carbocycles. The number of benzene rings is 1. The number of esters is 1. The van der Waals surface area contributed by atoms with Gasteiger partial charge < -0.3 is 20.1 Å². The topological polar surface area (TPSA) is 97.0 Å². The summed E-state index contributed by atoms with van der Waals surface area (Å²) >= 11 is 1.08. The van der Waals surface area contributed by atoms with Crippen LogP contribution in [0.3, 0.4) is 0 Å². The Balaban J connectivity index is 1.43. The molecule has 3 rings (SSSR count). The van der Waals surface area contributed by atoms with Gasteiger partial charge >= 0.3 is 5.97 Å². The van der Waals surface area contributed by atoms with Crippen molar-refractivity contribution in [2.45, 2.75) is 6.54 Å². The standard InChI is InChI=1S/C21H25N3O5S/c1-28-21(27)18-7-6-17(30-18)20(26)23-14-15-2-4-16(5-3-15)19(25)22-8-9-24-10-12-29-13-11-24/h2-7H,8-14H2,1H3,(H,22,25)(H,23,26). The van der Waals surface area contributed by atoms with Crippen molar-refractivity contribution in [1.82, 2.24) is 15.5 Å². The molecule has 30 heavy (non-hydrogen) atoms. The number of carbonyl (C=O) groups excluding carboxylic acids is 3. The van der Waals surface area contributed by atoms with Crippen molar-refractivity contribution >= 4 is 29.1 Å². The highest BCUT2D eigenvalue weighted by Crippen LogP contribution is 2.17. The van der Waals surface area contributed by atoms with Crippen molar-refractivity contribution in [2.75, 3.05) is 46.5 Å². The molecular formula is C21H25N3O5S. The van der Waals surface area contributed by atoms with Gasteiger partial charge in [-0.25, -0.2) is 4.79 Å². The summed E-state index contributed by atoms with van der Waals surface area (Å²) in [7, 11) is 1.30. The highest BCUT2D eigenvalue weighted by atomic mass is 32.1. The van der Waals surface area contributed by atoms with Crippen LogP contribution in [0.5, 0.6) is 0 Å². The van der Waals surface area contributed by atoms with Crippen LogP contribution in [-0.4, -0.2) is 69.2 Å². The molecule has 2 N–H and O–H groups in total. The quantitative estimate of drug-likeness (QED) is 0.616. The van der Waals surface area contributed by atoms with E-state index < -0.39 is 5.97 Å². The molecule has 0 aliphatic carbocycles. The highest BCUT2D eigenvalue weighted by Gasteiger charge is 2.14. The van der Waals surface area contributed by atoms with E-state index in [4.69, 9.17) is 4.74 Å². The summed E-state index contributed by atoms with van der Waals surface area (Å²) in [5.41, 5.74) is 1.45. The molecule has 1 saturated heterocycles. The summed E-state index contributed by atoms with van der Waals surface area (Å²) in [5.74, 6) is -0.842. The second kappa shape index (κ2) is 10.9. The third kappa shape index (κ3) is 6.12. The predicted octanol–water partition coefficient (Wildman–Crippen LogP) is 1.53. The molecular weight excluding hydrogens is 406 g/mol. The maximum absolute atomic E-state index is 12.3. The molecule has 0 unspecified atom stereocenters. The zero-order valence-corrected chi connectivity index (χ0v) is 17.6. The lowest BCUT2D eigenvalue weighted by atomic mass is 10.1. The molecule has 2 amide bonds. The first-order chi connectivity index (χ1) is 14.6. The maximum Gasteiger partial charge on any atom is 0.348 e. The Morgan fingerprint density at radius 2 is 1.70 bits per heavy atom. The summed E-state index contributed by atoms with van der Waals surface area (Å²) in [4.78, 5) is 39.1. The average Bonchev–Trinajstić information content (AvgIpc) is 3.28. The van der Waals surface area contributed by atoms with Crippen LogP contribution in [0.25, 0.3) is 0 Å². The number of morpholine rings is 1. The normalized spacial score (nSPS) is 14.2. The average molecular weight is 432 g/mol. The molecule has 1 aliphatic rings. The molecule has 0 atom stereocenters. The van der Waals surface area contributed by atoms with Crippen molar-refractivity contribution < 1.29 is 23.9 Å². The van der Waals surface area contributed by atoms with Gasteiger partial charge in [-0.15, -0.1) is 11.3 Å². The van der Waals surface area contributed by atoms with Crippen LogP contribution in [0.1, 0.15) is 35.3 Å². The fourth-order valence-electron chi connectivity index (χ4n) is 2.97. The van der Waals surface area contributed by atoms with Gasteiger partial charge in [0, 0.05) is 38.3 Å². The van der Waals surface area contributed by atoms with Gasteiger partial charge in [0.2, 0.25) is 0 Å². The second-order valence-electron chi connectivity index (χ2n) is 6.74. The van der Waals surface area contributed by atoms with E-state index in [1.807, 2.05) is 12.1 Å². The number of nitrogens with zero attached hydrogens (tertiary/aromatic N) is 1. The van der Waals surface area contributed by atoms with Gasteiger partial charge in [-0.1, -0.05) is 12.1 Å². The summed E-state index contributed by atoms with van der Waals surface area (Å²) < 4.78 is 9.95. The third-order valence-corrected chi connectivity index (χ3v) is 5.77. The van der Waals surface area contributed by atoms with Crippen LogP contribution < -0.4 is 10.6 Å². The summed E-state index contributed by atoms with van der Waals surface area (Å²) in [6.07, 6.45) is 0. The number of rotatable bonds is 8. The Kier molecular flexibility index (Phi) is 7.95.